The minimum atomic E-state index is -0.746. The second kappa shape index (κ2) is 12.9. The smallest absolute Gasteiger partial charge is 0.338 e. The number of ether oxygens (including phenoxy) is 3. The Bertz CT molecular complexity index is 1860. The average molecular weight is 695 g/mol. The maximum absolute atomic E-state index is 14.1. The van der Waals surface area contributed by atoms with Crippen LogP contribution >= 0.6 is 33.9 Å². The Balaban J connectivity index is 1.76. The van der Waals surface area contributed by atoms with Gasteiger partial charge in [-0.2, -0.15) is 0 Å². The number of hydrogen-bond donors (Lipinski definition) is 0. The van der Waals surface area contributed by atoms with E-state index in [0.29, 0.717) is 47.8 Å². The number of aromatic nitrogens is 1. The number of carbonyl (C=O) groups is 2. The summed E-state index contributed by atoms with van der Waals surface area (Å²) in [7, 11) is 0. The van der Waals surface area contributed by atoms with E-state index in [1.807, 2.05) is 73.7 Å². The first-order chi connectivity index (χ1) is 20.3. The SMILES string of the molecule is CCOC(=O)C1=C(c2ccccc2)N=c2s/c(=C\c3cc(I)c(OC(C)=O)c(OCC)c3)c(=O)n2[C@@H]1c1ccccc1. The predicted molar refractivity (Wildman–Crippen MR) is 169 cm³/mol. The highest BCUT2D eigenvalue weighted by molar-refractivity contribution is 14.1. The van der Waals surface area contributed by atoms with Gasteiger partial charge in [-0.05, 0) is 65.8 Å². The van der Waals surface area contributed by atoms with Gasteiger partial charge in [-0.15, -0.1) is 0 Å². The van der Waals surface area contributed by atoms with Crippen molar-refractivity contribution in [2.45, 2.75) is 26.8 Å². The highest BCUT2D eigenvalue weighted by Gasteiger charge is 2.35. The summed E-state index contributed by atoms with van der Waals surface area (Å²) in [5, 5.41) is 0. The fraction of sp³-hybridized carbons (Fsp3) is 0.188. The molecule has 0 amide bonds. The van der Waals surface area contributed by atoms with Crippen molar-refractivity contribution in [3.63, 3.8) is 0 Å². The number of benzene rings is 3. The van der Waals surface area contributed by atoms with Crippen LogP contribution in [0.1, 0.15) is 43.5 Å². The Labute approximate surface area is 259 Å². The normalized spacial score (nSPS) is 14.7. The lowest BCUT2D eigenvalue weighted by molar-refractivity contribution is -0.139. The lowest BCUT2D eigenvalue weighted by Gasteiger charge is -2.25. The van der Waals surface area contributed by atoms with Crippen LogP contribution in [0, 0.1) is 3.57 Å². The molecule has 0 aliphatic carbocycles. The highest BCUT2D eigenvalue weighted by atomic mass is 127. The van der Waals surface area contributed by atoms with Crippen molar-refractivity contribution in [2.75, 3.05) is 13.2 Å². The molecule has 42 heavy (non-hydrogen) atoms. The first-order valence-corrected chi connectivity index (χ1v) is 15.2. The molecular weight excluding hydrogens is 667 g/mol. The van der Waals surface area contributed by atoms with Crippen LogP contribution in [0.15, 0.2) is 88.2 Å². The third kappa shape index (κ3) is 5.95. The van der Waals surface area contributed by atoms with Crippen molar-refractivity contribution < 1.29 is 23.8 Å². The van der Waals surface area contributed by atoms with Crippen molar-refractivity contribution in [3.05, 3.63) is 118 Å². The van der Waals surface area contributed by atoms with E-state index >= 15 is 0 Å². The summed E-state index contributed by atoms with van der Waals surface area (Å²) in [6, 6.07) is 21.6. The molecule has 1 aliphatic rings. The van der Waals surface area contributed by atoms with Gasteiger partial charge in [-0.1, -0.05) is 72.0 Å². The average Bonchev–Trinajstić information content (AvgIpc) is 3.29. The van der Waals surface area contributed by atoms with E-state index in [0.717, 1.165) is 11.1 Å². The van der Waals surface area contributed by atoms with Gasteiger partial charge in [-0.25, -0.2) is 9.79 Å². The first kappa shape index (κ1) is 29.5. The van der Waals surface area contributed by atoms with Crippen molar-refractivity contribution in [3.8, 4) is 11.5 Å². The van der Waals surface area contributed by atoms with Gasteiger partial charge in [0.25, 0.3) is 5.56 Å². The van der Waals surface area contributed by atoms with Crippen LogP contribution < -0.4 is 24.4 Å². The third-order valence-corrected chi connectivity index (χ3v) is 8.15. The van der Waals surface area contributed by atoms with Crippen LogP contribution in [-0.4, -0.2) is 29.7 Å². The molecule has 5 rings (SSSR count). The van der Waals surface area contributed by atoms with Gasteiger partial charge >= 0.3 is 11.9 Å². The Morgan fingerprint density at radius 3 is 2.36 bits per heavy atom. The number of halogens is 1. The quantitative estimate of drug-likeness (QED) is 0.149. The van der Waals surface area contributed by atoms with E-state index in [2.05, 4.69) is 22.6 Å². The van der Waals surface area contributed by atoms with Crippen LogP contribution in [0.4, 0.5) is 0 Å². The number of carbonyl (C=O) groups excluding carboxylic acids is 2. The van der Waals surface area contributed by atoms with E-state index in [1.54, 1.807) is 23.6 Å². The molecule has 1 aromatic heterocycles. The van der Waals surface area contributed by atoms with Crippen LogP contribution in [0.25, 0.3) is 11.8 Å². The Kier molecular flexibility index (Phi) is 9.03. The maximum atomic E-state index is 14.1. The largest absolute Gasteiger partial charge is 0.490 e. The van der Waals surface area contributed by atoms with Crippen LogP contribution in [0.5, 0.6) is 11.5 Å². The van der Waals surface area contributed by atoms with Crippen molar-refractivity contribution in [1.82, 2.24) is 4.57 Å². The first-order valence-electron chi connectivity index (χ1n) is 13.3. The minimum absolute atomic E-state index is 0.181. The molecule has 4 aromatic rings. The number of nitrogens with zero attached hydrogens (tertiary/aromatic N) is 2. The molecule has 0 saturated carbocycles. The predicted octanol–water partition coefficient (Wildman–Crippen LogP) is 4.86. The molecule has 0 fully saturated rings. The van der Waals surface area contributed by atoms with Gasteiger partial charge in [0.05, 0.1) is 38.6 Å². The van der Waals surface area contributed by atoms with Gasteiger partial charge in [0.1, 0.15) is 0 Å². The van der Waals surface area contributed by atoms with E-state index in [-0.39, 0.29) is 12.2 Å². The topological polar surface area (TPSA) is 96.2 Å². The van der Waals surface area contributed by atoms with Crippen LogP contribution in [0.3, 0.4) is 0 Å². The molecule has 0 bridgehead atoms. The fourth-order valence-electron chi connectivity index (χ4n) is 4.72. The molecule has 3 aromatic carbocycles. The van der Waals surface area contributed by atoms with E-state index in [1.165, 1.54) is 18.3 Å². The fourth-order valence-corrected chi connectivity index (χ4v) is 6.46. The zero-order valence-corrected chi connectivity index (χ0v) is 26.1. The Morgan fingerprint density at radius 1 is 1.02 bits per heavy atom. The van der Waals surface area contributed by atoms with Gasteiger partial charge in [0.15, 0.2) is 16.3 Å². The monoisotopic (exact) mass is 694 g/mol. The lowest BCUT2D eigenvalue weighted by Crippen LogP contribution is -2.40. The molecule has 0 radical (unpaired) electrons. The minimum Gasteiger partial charge on any atom is -0.490 e. The molecule has 0 N–H and O–H groups in total. The maximum Gasteiger partial charge on any atom is 0.338 e. The van der Waals surface area contributed by atoms with Crippen LogP contribution in [0.2, 0.25) is 0 Å². The molecular formula is C32H27IN2O6S. The van der Waals surface area contributed by atoms with E-state index in [9.17, 15) is 14.4 Å². The highest BCUT2D eigenvalue weighted by Crippen LogP contribution is 2.36. The summed E-state index contributed by atoms with van der Waals surface area (Å²) < 4.78 is 19.3. The van der Waals surface area contributed by atoms with Gasteiger partial charge < -0.3 is 14.2 Å². The molecule has 0 unspecified atom stereocenters. The summed E-state index contributed by atoms with van der Waals surface area (Å²) >= 11 is 3.31. The summed E-state index contributed by atoms with van der Waals surface area (Å²) in [4.78, 5) is 44.6. The van der Waals surface area contributed by atoms with Crippen molar-refractivity contribution in [2.24, 2.45) is 4.99 Å². The molecule has 10 heteroatoms. The number of fused-ring (bicyclic) bond motifs is 1. The molecule has 1 atom stereocenters. The molecule has 0 spiro atoms. The third-order valence-electron chi connectivity index (χ3n) is 6.36. The molecule has 0 saturated heterocycles. The number of esters is 2. The second-order valence-corrected chi connectivity index (χ2v) is 11.4. The van der Waals surface area contributed by atoms with Gasteiger partial charge in [0, 0.05) is 12.5 Å². The summed E-state index contributed by atoms with van der Waals surface area (Å²) in [6.45, 7) is 5.46. The van der Waals surface area contributed by atoms with E-state index < -0.39 is 18.0 Å². The zero-order chi connectivity index (χ0) is 29.8. The Hall–Kier alpha value is -4.03. The molecule has 8 nitrogen and oxygen atoms in total. The van der Waals surface area contributed by atoms with E-state index in [4.69, 9.17) is 19.2 Å². The number of rotatable bonds is 8. The molecule has 2 heterocycles. The summed E-state index contributed by atoms with van der Waals surface area (Å²) in [5.41, 5.74) is 2.67. The second-order valence-electron chi connectivity index (χ2n) is 9.20. The van der Waals surface area contributed by atoms with Crippen LogP contribution in [-0.2, 0) is 14.3 Å². The molecule has 214 valence electrons. The number of hydrogen-bond acceptors (Lipinski definition) is 8. The Morgan fingerprint density at radius 2 is 1.71 bits per heavy atom. The standard InChI is InChI=1S/C32H27IN2O6S/c1-4-39-24-17-20(16-23(33)29(24)41-19(3)36)18-25-30(37)35-28(22-14-10-7-11-15-22)26(31(38)40-5-2)27(34-32(35)42-25)21-12-8-6-9-13-21/h6-18,28H,4-5H2,1-3H3/b25-18-/t28-/m1/s1. The van der Waals surface area contributed by atoms with Crippen molar-refractivity contribution >= 4 is 57.6 Å². The zero-order valence-electron chi connectivity index (χ0n) is 23.1. The van der Waals surface area contributed by atoms with Gasteiger partial charge in [0.2, 0.25) is 0 Å². The molecule has 1 aliphatic heterocycles. The van der Waals surface area contributed by atoms with Gasteiger partial charge in [-0.3, -0.25) is 14.2 Å². The lowest BCUT2D eigenvalue weighted by atomic mass is 9.93. The summed E-state index contributed by atoms with van der Waals surface area (Å²) in [5.74, 6) is -0.251. The number of thiazole rings is 1. The van der Waals surface area contributed by atoms with Crippen molar-refractivity contribution in [1.29, 1.82) is 0 Å². The summed E-state index contributed by atoms with van der Waals surface area (Å²) in [6.07, 6.45) is 1.75.